The summed E-state index contributed by atoms with van der Waals surface area (Å²) in [4.78, 5) is 0. The second kappa shape index (κ2) is 6.42. The maximum Gasteiger partial charge on any atom is 0.0173 e. The van der Waals surface area contributed by atoms with E-state index >= 15 is 0 Å². The van der Waals surface area contributed by atoms with Crippen molar-refractivity contribution in [1.82, 2.24) is 5.32 Å². The van der Waals surface area contributed by atoms with E-state index in [1.165, 1.54) is 32.2 Å². The van der Waals surface area contributed by atoms with E-state index in [1.807, 2.05) is 0 Å². The lowest BCUT2D eigenvalue weighted by molar-refractivity contribution is 0.283. The number of hydrogen-bond acceptors (Lipinski definition) is 1. The molecule has 0 aromatic carbocycles. The maximum atomic E-state index is 3.71. The van der Waals surface area contributed by atoms with Gasteiger partial charge in [-0.05, 0) is 38.1 Å². The Balaban J connectivity index is 3.81. The van der Waals surface area contributed by atoms with Gasteiger partial charge < -0.3 is 5.32 Å². The molecule has 0 saturated carbocycles. The monoisotopic (exact) mass is 185 g/mol. The van der Waals surface area contributed by atoms with Gasteiger partial charge in [-0.25, -0.2) is 0 Å². The van der Waals surface area contributed by atoms with Crippen LogP contribution in [0.5, 0.6) is 0 Å². The van der Waals surface area contributed by atoms with Crippen molar-refractivity contribution < 1.29 is 0 Å². The Labute approximate surface area is 84.3 Å². The van der Waals surface area contributed by atoms with E-state index in [2.05, 4.69) is 39.9 Å². The molecule has 0 aromatic rings. The van der Waals surface area contributed by atoms with E-state index in [0.29, 0.717) is 5.54 Å². The van der Waals surface area contributed by atoms with Gasteiger partial charge in [0.25, 0.3) is 0 Å². The van der Waals surface area contributed by atoms with E-state index in [1.54, 1.807) is 0 Å². The second-order valence-electron chi connectivity index (χ2n) is 4.45. The van der Waals surface area contributed by atoms with Crippen LogP contribution >= 0.6 is 0 Å². The van der Waals surface area contributed by atoms with Crippen LogP contribution in [0, 0.1) is 5.92 Å². The lowest BCUT2D eigenvalue weighted by Crippen LogP contribution is -2.44. The number of rotatable bonds is 7. The van der Waals surface area contributed by atoms with Crippen LogP contribution in [0.25, 0.3) is 0 Å². The molecule has 80 valence electrons. The SMILES string of the molecule is CCC(CC)(CC)NCCC(C)C. The Morgan fingerprint density at radius 3 is 1.77 bits per heavy atom. The van der Waals surface area contributed by atoms with Gasteiger partial charge in [0, 0.05) is 5.54 Å². The third-order valence-corrected chi connectivity index (χ3v) is 3.25. The first-order valence-electron chi connectivity index (χ1n) is 5.85. The molecule has 0 aliphatic carbocycles. The first-order valence-corrected chi connectivity index (χ1v) is 5.85. The molecular weight excluding hydrogens is 158 g/mol. The third kappa shape index (κ3) is 4.66. The molecule has 0 aliphatic heterocycles. The summed E-state index contributed by atoms with van der Waals surface area (Å²) in [5, 5.41) is 3.71. The van der Waals surface area contributed by atoms with Gasteiger partial charge in [-0.1, -0.05) is 34.6 Å². The third-order valence-electron chi connectivity index (χ3n) is 3.25. The van der Waals surface area contributed by atoms with Crippen LogP contribution in [0.1, 0.15) is 60.3 Å². The molecule has 0 amide bonds. The normalized spacial score (nSPS) is 12.5. The number of hydrogen-bond donors (Lipinski definition) is 1. The van der Waals surface area contributed by atoms with Crippen molar-refractivity contribution in [3.8, 4) is 0 Å². The van der Waals surface area contributed by atoms with Crippen LogP contribution in [0.2, 0.25) is 0 Å². The fourth-order valence-electron chi connectivity index (χ4n) is 1.75. The van der Waals surface area contributed by atoms with Gasteiger partial charge in [-0.2, -0.15) is 0 Å². The minimum Gasteiger partial charge on any atom is -0.311 e. The lowest BCUT2D eigenvalue weighted by atomic mass is 9.89. The quantitative estimate of drug-likeness (QED) is 0.639. The minimum atomic E-state index is 0.412. The van der Waals surface area contributed by atoms with Gasteiger partial charge >= 0.3 is 0 Å². The molecular formula is C12H27N. The van der Waals surface area contributed by atoms with Crippen LogP contribution in [0.3, 0.4) is 0 Å². The molecule has 0 atom stereocenters. The summed E-state index contributed by atoms with van der Waals surface area (Å²) < 4.78 is 0. The van der Waals surface area contributed by atoms with Gasteiger partial charge in [0.15, 0.2) is 0 Å². The topological polar surface area (TPSA) is 12.0 Å². The van der Waals surface area contributed by atoms with Gasteiger partial charge in [0.2, 0.25) is 0 Å². The summed E-state index contributed by atoms with van der Waals surface area (Å²) in [5.41, 5.74) is 0.412. The van der Waals surface area contributed by atoms with Gasteiger partial charge in [0.1, 0.15) is 0 Å². The molecule has 0 rings (SSSR count). The lowest BCUT2D eigenvalue weighted by Gasteiger charge is -2.32. The van der Waals surface area contributed by atoms with Gasteiger partial charge in [0.05, 0.1) is 0 Å². The van der Waals surface area contributed by atoms with Gasteiger partial charge in [-0.15, -0.1) is 0 Å². The zero-order valence-electron chi connectivity index (χ0n) is 10.1. The standard InChI is InChI=1S/C12H27N/c1-6-12(7-2,8-3)13-10-9-11(4)5/h11,13H,6-10H2,1-5H3. The van der Waals surface area contributed by atoms with Gasteiger partial charge in [-0.3, -0.25) is 0 Å². The van der Waals surface area contributed by atoms with Crippen molar-refractivity contribution in [2.45, 2.75) is 65.8 Å². The zero-order chi connectivity index (χ0) is 10.3. The predicted octanol–water partition coefficient (Wildman–Crippen LogP) is 3.59. The summed E-state index contributed by atoms with van der Waals surface area (Å²) in [6, 6.07) is 0. The largest absolute Gasteiger partial charge is 0.311 e. The summed E-state index contributed by atoms with van der Waals surface area (Å²) in [5.74, 6) is 0.816. The maximum absolute atomic E-state index is 3.71. The van der Waals surface area contributed by atoms with E-state index < -0.39 is 0 Å². The Bertz CT molecular complexity index is 106. The van der Waals surface area contributed by atoms with Crippen molar-refractivity contribution in [2.24, 2.45) is 5.92 Å². The molecule has 1 N–H and O–H groups in total. The van der Waals surface area contributed by atoms with E-state index in [-0.39, 0.29) is 0 Å². The molecule has 0 aliphatic rings. The average Bonchev–Trinajstić information content (AvgIpc) is 2.13. The van der Waals surface area contributed by atoms with Crippen molar-refractivity contribution in [3.63, 3.8) is 0 Å². The molecule has 0 fully saturated rings. The zero-order valence-corrected chi connectivity index (χ0v) is 10.1. The summed E-state index contributed by atoms with van der Waals surface area (Å²) in [6.45, 7) is 12.6. The van der Waals surface area contributed by atoms with Crippen molar-refractivity contribution in [1.29, 1.82) is 0 Å². The first kappa shape index (κ1) is 13.0. The molecule has 1 nitrogen and oxygen atoms in total. The van der Waals surface area contributed by atoms with Crippen LogP contribution in [-0.4, -0.2) is 12.1 Å². The van der Waals surface area contributed by atoms with Crippen LogP contribution in [-0.2, 0) is 0 Å². The smallest absolute Gasteiger partial charge is 0.0173 e. The summed E-state index contributed by atoms with van der Waals surface area (Å²) in [7, 11) is 0. The summed E-state index contributed by atoms with van der Waals surface area (Å²) in [6.07, 6.45) is 5.04. The molecule has 0 heterocycles. The molecule has 0 bridgehead atoms. The second-order valence-corrected chi connectivity index (χ2v) is 4.45. The Kier molecular flexibility index (Phi) is 6.40. The fraction of sp³-hybridized carbons (Fsp3) is 1.00. The highest BCUT2D eigenvalue weighted by atomic mass is 15.0. The molecule has 0 aromatic heterocycles. The Morgan fingerprint density at radius 1 is 1.00 bits per heavy atom. The highest BCUT2D eigenvalue weighted by Crippen LogP contribution is 2.19. The number of nitrogens with one attached hydrogen (secondary N) is 1. The highest BCUT2D eigenvalue weighted by Gasteiger charge is 2.22. The fourth-order valence-corrected chi connectivity index (χ4v) is 1.75. The summed E-state index contributed by atoms with van der Waals surface area (Å²) >= 11 is 0. The minimum absolute atomic E-state index is 0.412. The van der Waals surface area contributed by atoms with Crippen molar-refractivity contribution in [3.05, 3.63) is 0 Å². The van der Waals surface area contributed by atoms with E-state index in [9.17, 15) is 0 Å². The Morgan fingerprint density at radius 2 is 1.46 bits per heavy atom. The highest BCUT2D eigenvalue weighted by molar-refractivity contribution is 4.83. The molecule has 0 radical (unpaired) electrons. The average molecular weight is 185 g/mol. The van der Waals surface area contributed by atoms with E-state index in [0.717, 1.165) is 5.92 Å². The van der Waals surface area contributed by atoms with Crippen LogP contribution in [0.4, 0.5) is 0 Å². The van der Waals surface area contributed by atoms with Crippen LogP contribution < -0.4 is 5.32 Å². The Hall–Kier alpha value is -0.0400. The van der Waals surface area contributed by atoms with Crippen LogP contribution in [0.15, 0.2) is 0 Å². The molecule has 0 spiro atoms. The first-order chi connectivity index (χ1) is 6.10. The van der Waals surface area contributed by atoms with Crippen molar-refractivity contribution >= 4 is 0 Å². The molecule has 0 saturated heterocycles. The van der Waals surface area contributed by atoms with E-state index in [4.69, 9.17) is 0 Å². The molecule has 1 heteroatoms. The predicted molar refractivity (Wildman–Crippen MR) is 61.1 cm³/mol. The molecule has 13 heavy (non-hydrogen) atoms. The molecule has 0 unspecified atom stereocenters. The van der Waals surface area contributed by atoms with Crippen molar-refractivity contribution in [2.75, 3.05) is 6.54 Å².